The van der Waals surface area contributed by atoms with Gasteiger partial charge in [-0.1, -0.05) is 18.2 Å². The van der Waals surface area contributed by atoms with Crippen LogP contribution in [0.1, 0.15) is 37.3 Å². The van der Waals surface area contributed by atoms with Gasteiger partial charge in [0.15, 0.2) is 5.65 Å². The van der Waals surface area contributed by atoms with Crippen LogP contribution in [0.5, 0.6) is 5.75 Å². The van der Waals surface area contributed by atoms with Crippen molar-refractivity contribution in [3.63, 3.8) is 0 Å². The summed E-state index contributed by atoms with van der Waals surface area (Å²) in [7, 11) is -4.38. The molecule has 1 saturated heterocycles. The molecule has 1 aliphatic heterocycles. The molecule has 43 heavy (non-hydrogen) atoms. The van der Waals surface area contributed by atoms with Gasteiger partial charge in [-0.25, -0.2) is 22.2 Å². The third kappa shape index (κ3) is 4.84. The number of phenolic OH excluding ortho intramolecular Hbond substituents is 1. The van der Waals surface area contributed by atoms with Gasteiger partial charge in [-0.3, -0.25) is 0 Å². The van der Waals surface area contributed by atoms with Crippen molar-refractivity contribution in [2.45, 2.75) is 37.0 Å². The zero-order chi connectivity index (χ0) is 30.5. The Hall–Kier alpha value is -4.60. The Labute approximate surface area is 247 Å². The van der Waals surface area contributed by atoms with Crippen LogP contribution in [0.15, 0.2) is 72.6 Å². The van der Waals surface area contributed by atoms with Crippen LogP contribution < -0.4 is 5.73 Å². The standard InChI is InChI=1S/C31H28F2N6O3S/c1-31(10-7-27(38-12-8-23(35)9-13-38)26(17-31)20-14-21(32)16-22(33)15-20)43(41,42)39-30-25(6-3-11-36-30)28(37-39)24-5-2-4-19(18-34)29(24)40/h2-7,11,14-17,23,40H,8-10,12-13,35H2,1H3. The number of hydrogen-bond donors (Lipinski definition) is 2. The Morgan fingerprint density at radius 2 is 1.84 bits per heavy atom. The minimum atomic E-state index is -4.38. The van der Waals surface area contributed by atoms with Crippen molar-refractivity contribution in [2.75, 3.05) is 13.1 Å². The fraction of sp³-hybridized carbons (Fsp3) is 0.258. The van der Waals surface area contributed by atoms with E-state index in [0.29, 0.717) is 29.7 Å². The lowest BCUT2D eigenvalue weighted by Crippen LogP contribution is -2.43. The highest BCUT2D eigenvalue weighted by molar-refractivity contribution is 7.91. The minimum absolute atomic E-state index is 0.0115. The predicted octanol–water partition coefficient (Wildman–Crippen LogP) is 4.68. The van der Waals surface area contributed by atoms with Crippen molar-refractivity contribution in [3.05, 3.63) is 95.3 Å². The Morgan fingerprint density at radius 1 is 1.12 bits per heavy atom. The largest absolute Gasteiger partial charge is 0.506 e. The molecule has 0 radical (unpaired) electrons. The van der Waals surface area contributed by atoms with Crippen molar-refractivity contribution >= 4 is 26.6 Å². The number of hydrogen-bond acceptors (Lipinski definition) is 8. The second-order valence-electron chi connectivity index (χ2n) is 11.0. The number of likely N-dealkylation sites (tertiary alicyclic amines) is 1. The topological polar surface area (TPSA) is 138 Å². The summed E-state index contributed by atoms with van der Waals surface area (Å²) in [5.74, 6) is -1.89. The summed E-state index contributed by atoms with van der Waals surface area (Å²) < 4.78 is 57.1. The molecule has 220 valence electrons. The second-order valence-corrected chi connectivity index (χ2v) is 13.3. The zero-order valence-corrected chi connectivity index (χ0v) is 24.0. The monoisotopic (exact) mass is 602 g/mol. The number of rotatable bonds is 5. The Morgan fingerprint density at radius 3 is 2.53 bits per heavy atom. The number of pyridine rings is 1. The fourth-order valence-corrected chi connectivity index (χ4v) is 7.24. The van der Waals surface area contributed by atoms with Gasteiger partial charge in [0, 0.05) is 53.6 Å². The molecule has 3 heterocycles. The van der Waals surface area contributed by atoms with Crippen molar-refractivity contribution in [1.82, 2.24) is 19.1 Å². The first-order valence-electron chi connectivity index (χ1n) is 13.7. The SMILES string of the molecule is CC1(S(=O)(=O)n2nc(-c3cccc(C#N)c3O)c3cccnc32)C=C(c2cc(F)cc(F)c2)C(N2CCC(N)CC2)=CC1. The molecule has 12 heteroatoms. The van der Waals surface area contributed by atoms with Crippen LogP contribution in [-0.2, 0) is 10.0 Å². The van der Waals surface area contributed by atoms with Crippen LogP contribution in [0, 0.1) is 23.0 Å². The molecule has 2 aromatic carbocycles. The maximum Gasteiger partial charge on any atom is 0.265 e. The summed E-state index contributed by atoms with van der Waals surface area (Å²) in [6, 6.07) is 12.9. The van der Waals surface area contributed by atoms with Gasteiger partial charge in [-0.05, 0) is 68.1 Å². The predicted molar refractivity (Wildman–Crippen MR) is 158 cm³/mol. The van der Waals surface area contributed by atoms with E-state index in [1.165, 1.54) is 37.4 Å². The first-order chi connectivity index (χ1) is 20.5. The first kappa shape index (κ1) is 28.5. The minimum Gasteiger partial charge on any atom is -0.506 e. The van der Waals surface area contributed by atoms with E-state index in [4.69, 9.17) is 5.73 Å². The molecule has 1 unspecified atom stereocenters. The van der Waals surface area contributed by atoms with Crippen molar-refractivity contribution in [3.8, 4) is 23.1 Å². The van der Waals surface area contributed by atoms with Crippen molar-refractivity contribution in [2.24, 2.45) is 5.73 Å². The van der Waals surface area contributed by atoms with Crippen LogP contribution in [0.2, 0.25) is 0 Å². The van der Waals surface area contributed by atoms with E-state index >= 15 is 0 Å². The highest BCUT2D eigenvalue weighted by Crippen LogP contribution is 2.42. The van der Waals surface area contributed by atoms with E-state index in [9.17, 15) is 27.6 Å². The summed E-state index contributed by atoms with van der Waals surface area (Å²) in [4.78, 5) is 6.37. The number of aromatic hydroxyl groups is 1. The van der Waals surface area contributed by atoms with Gasteiger partial charge in [-0.15, -0.1) is 4.09 Å². The number of benzene rings is 2. The number of para-hydroxylation sites is 1. The number of phenols is 1. The van der Waals surface area contributed by atoms with Gasteiger partial charge in [0.25, 0.3) is 10.0 Å². The van der Waals surface area contributed by atoms with E-state index in [-0.39, 0.29) is 46.2 Å². The van der Waals surface area contributed by atoms with Crippen LogP contribution in [-0.4, -0.2) is 56.5 Å². The summed E-state index contributed by atoms with van der Waals surface area (Å²) >= 11 is 0. The molecule has 1 aliphatic carbocycles. The van der Waals surface area contributed by atoms with Crippen LogP contribution in [0.4, 0.5) is 8.78 Å². The van der Waals surface area contributed by atoms with Crippen LogP contribution >= 0.6 is 0 Å². The van der Waals surface area contributed by atoms with E-state index in [1.807, 2.05) is 6.07 Å². The molecule has 0 amide bonds. The molecule has 2 aromatic heterocycles. The third-order valence-corrected chi connectivity index (χ3v) is 10.3. The number of nitrogens with zero attached hydrogens (tertiary/aromatic N) is 5. The second kappa shape index (κ2) is 10.6. The molecule has 1 atom stereocenters. The van der Waals surface area contributed by atoms with Gasteiger partial charge in [0.2, 0.25) is 0 Å². The molecule has 4 aromatic rings. The average molecular weight is 603 g/mol. The number of aromatic nitrogens is 3. The van der Waals surface area contributed by atoms with Crippen LogP contribution in [0.3, 0.4) is 0 Å². The van der Waals surface area contributed by atoms with Gasteiger partial charge >= 0.3 is 0 Å². The van der Waals surface area contributed by atoms with Gasteiger partial charge in [0.05, 0.1) is 5.56 Å². The molecular weight excluding hydrogens is 574 g/mol. The number of halogens is 2. The molecule has 1 fully saturated rings. The molecule has 0 spiro atoms. The Balaban J connectivity index is 1.51. The summed E-state index contributed by atoms with van der Waals surface area (Å²) in [6.45, 7) is 2.77. The normalized spacial score (nSPS) is 19.7. The van der Waals surface area contributed by atoms with E-state index < -0.39 is 26.4 Å². The van der Waals surface area contributed by atoms with Gasteiger partial charge in [-0.2, -0.15) is 10.4 Å². The van der Waals surface area contributed by atoms with E-state index in [0.717, 1.165) is 23.0 Å². The number of nitrogens with two attached hydrogens (primary N) is 1. The maximum atomic E-state index is 14.5. The lowest BCUT2D eigenvalue weighted by atomic mass is 9.88. The number of allylic oxidation sites excluding steroid dienone is 2. The molecule has 6 rings (SSSR count). The fourth-order valence-electron chi connectivity index (χ4n) is 5.72. The highest BCUT2D eigenvalue weighted by Gasteiger charge is 2.44. The number of piperidine rings is 1. The number of fused-ring (bicyclic) bond motifs is 1. The lowest BCUT2D eigenvalue weighted by Gasteiger charge is -2.38. The summed E-state index contributed by atoms with van der Waals surface area (Å²) in [6.07, 6.45) is 6.26. The molecule has 9 nitrogen and oxygen atoms in total. The first-order valence-corrected chi connectivity index (χ1v) is 15.2. The highest BCUT2D eigenvalue weighted by atomic mass is 32.2. The summed E-state index contributed by atoms with van der Waals surface area (Å²) in [5.41, 5.74) is 7.75. The Kier molecular flexibility index (Phi) is 7.02. The molecule has 2 aliphatic rings. The van der Waals surface area contributed by atoms with Gasteiger partial charge in [0.1, 0.15) is 33.9 Å². The van der Waals surface area contributed by atoms with Crippen molar-refractivity contribution < 1.29 is 22.3 Å². The van der Waals surface area contributed by atoms with Gasteiger partial charge < -0.3 is 15.7 Å². The molecule has 3 N–H and O–H groups in total. The summed E-state index contributed by atoms with van der Waals surface area (Å²) in [5, 5.41) is 25.0. The van der Waals surface area contributed by atoms with E-state index in [1.54, 1.807) is 30.3 Å². The number of nitriles is 1. The Bertz CT molecular complexity index is 1950. The molecular formula is C31H28F2N6O3S. The lowest BCUT2D eigenvalue weighted by molar-refractivity contribution is 0.271. The van der Waals surface area contributed by atoms with Crippen molar-refractivity contribution in [1.29, 1.82) is 5.26 Å². The van der Waals surface area contributed by atoms with E-state index in [2.05, 4.69) is 15.0 Å². The molecule has 0 bridgehead atoms. The molecule has 0 saturated carbocycles. The quantitative estimate of drug-likeness (QED) is 0.336. The average Bonchev–Trinajstić information content (AvgIpc) is 3.37. The smallest absolute Gasteiger partial charge is 0.265 e. The third-order valence-electron chi connectivity index (χ3n) is 8.12. The zero-order valence-electron chi connectivity index (χ0n) is 23.2. The maximum absolute atomic E-state index is 14.5. The van der Waals surface area contributed by atoms with Crippen LogP contribution in [0.25, 0.3) is 27.9 Å².